The molecule has 1 aromatic carbocycles. The standard InChI is InChI=1S/C17H15N5O3S/c1-2-22-17(25)11-7-4-3-6-10(11)13(21-22)15(24)20-19-14(23)12-8-5-9-18-16(12)26/h3-9H,2H2,1H3,(H,18,26)(H,19,23)(H,20,24). The van der Waals surface area contributed by atoms with E-state index in [1.807, 2.05) is 0 Å². The molecule has 0 radical (unpaired) electrons. The summed E-state index contributed by atoms with van der Waals surface area (Å²) in [6, 6.07) is 9.84. The van der Waals surface area contributed by atoms with Gasteiger partial charge in [0.05, 0.1) is 10.9 Å². The van der Waals surface area contributed by atoms with E-state index in [2.05, 4.69) is 20.9 Å². The molecule has 0 spiro atoms. The molecule has 8 nitrogen and oxygen atoms in total. The second kappa shape index (κ2) is 7.28. The number of aryl methyl sites for hydroxylation is 1. The summed E-state index contributed by atoms with van der Waals surface area (Å²) in [4.78, 5) is 39.7. The number of amides is 2. The summed E-state index contributed by atoms with van der Waals surface area (Å²) in [5.74, 6) is -1.20. The van der Waals surface area contributed by atoms with E-state index in [4.69, 9.17) is 12.2 Å². The van der Waals surface area contributed by atoms with Crippen LogP contribution in [0, 0.1) is 4.64 Å². The van der Waals surface area contributed by atoms with Gasteiger partial charge in [0, 0.05) is 18.1 Å². The van der Waals surface area contributed by atoms with Crippen molar-refractivity contribution in [2.24, 2.45) is 0 Å². The molecule has 9 heteroatoms. The van der Waals surface area contributed by atoms with Crippen LogP contribution in [0.2, 0.25) is 0 Å². The van der Waals surface area contributed by atoms with Gasteiger partial charge in [0.1, 0.15) is 4.64 Å². The molecule has 3 N–H and O–H groups in total. The first-order chi connectivity index (χ1) is 12.5. The van der Waals surface area contributed by atoms with E-state index in [1.165, 1.54) is 10.7 Å². The number of rotatable bonds is 3. The number of hydrogen-bond acceptors (Lipinski definition) is 5. The number of pyridine rings is 1. The van der Waals surface area contributed by atoms with E-state index in [-0.39, 0.29) is 21.5 Å². The number of H-pyrrole nitrogens is 1. The minimum Gasteiger partial charge on any atom is -0.352 e. The summed E-state index contributed by atoms with van der Waals surface area (Å²) >= 11 is 5.03. The number of carbonyl (C=O) groups excluding carboxylic acids is 2. The van der Waals surface area contributed by atoms with Gasteiger partial charge in [-0.25, -0.2) is 4.68 Å². The Morgan fingerprint density at radius 2 is 1.81 bits per heavy atom. The van der Waals surface area contributed by atoms with E-state index in [9.17, 15) is 14.4 Å². The second-order valence-electron chi connectivity index (χ2n) is 5.34. The summed E-state index contributed by atoms with van der Waals surface area (Å²) in [7, 11) is 0. The third-order valence-corrected chi connectivity index (χ3v) is 4.07. The van der Waals surface area contributed by atoms with Gasteiger partial charge in [-0.1, -0.05) is 30.4 Å². The molecule has 2 heterocycles. The Balaban J connectivity index is 1.90. The van der Waals surface area contributed by atoms with Gasteiger partial charge < -0.3 is 4.98 Å². The third kappa shape index (κ3) is 3.24. The fourth-order valence-corrected chi connectivity index (χ4v) is 2.69. The number of hydrazine groups is 1. The van der Waals surface area contributed by atoms with E-state index < -0.39 is 11.8 Å². The van der Waals surface area contributed by atoms with Crippen LogP contribution in [0.15, 0.2) is 47.4 Å². The number of benzene rings is 1. The maximum Gasteiger partial charge on any atom is 0.290 e. The van der Waals surface area contributed by atoms with Crippen molar-refractivity contribution in [2.45, 2.75) is 13.5 Å². The van der Waals surface area contributed by atoms with Gasteiger partial charge in [-0.2, -0.15) is 5.10 Å². The quantitative estimate of drug-likeness (QED) is 0.479. The lowest BCUT2D eigenvalue weighted by Gasteiger charge is -2.11. The van der Waals surface area contributed by atoms with Crippen LogP contribution in [0.4, 0.5) is 0 Å². The van der Waals surface area contributed by atoms with E-state index in [1.54, 1.807) is 43.5 Å². The van der Waals surface area contributed by atoms with E-state index in [0.29, 0.717) is 17.3 Å². The normalized spacial score (nSPS) is 10.5. The summed E-state index contributed by atoms with van der Waals surface area (Å²) in [5.41, 5.74) is 4.60. The number of aromatic nitrogens is 3. The average Bonchev–Trinajstić information content (AvgIpc) is 2.66. The summed E-state index contributed by atoms with van der Waals surface area (Å²) in [6.45, 7) is 2.07. The zero-order chi connectivity index (χ0) is 18.7. The Kier molecular flexibility index (Phi) is 4.90. The SMILES string of the molecule is CCn1nc(C(=O)NNC(=O)c2ccc[nH]c2=S)c2ccccc2c1=O. The Morgan fingerprint density at radius 3 is 2.50 bits per heavy atom. The Morgan fingerprint density at radius 1 is 1.12 bits per heavy atom. The first kappa shape index (κ1) is 17.5. The smallest absolute Gasteiger partial charge is 0.290 e. The van der Waals surface area contributed by atoms with E-state index in [0.717, 1.165) is 0 Å². The third-order valence-electron chi connectivity index (χ3n) is 3.73. The first-order valence-corrected chi connectivity index (χ1v) is 8.22. The predicted octanol–water partition coefficient (Wildman–Crippen LogP) is 1.55. The monoisotopic (exact) mass is 369 g/mol. The molecule has 0 unspecified atom stereocenters. The summed E-state index contributed by atoms with van der Waals surface area (Å²) in [6.07, 6.45) is 1.60. The van der Waals surface area contributed by atoms with Crippen LogP contribution in [0.3, 0.4) is 0 Å². The second-order valence-corrected chi connectivity index (χ2v) is 5.74. The topological polar surface area (TPSA) is 109 Å². The molecule has 0 aliphatic carbocycles. The predicted molar refractivity (Wildman–Crippen MR) is 98.2 cm³/mol. The van der Waals surface area contributed by atoms with Crippen LogP contribution in [-0.2, 0) is 6.54 Å². The van der Waals surface area contributed by atoms with Crippen molar-refractivity contribution >= 4 is 34.8 Å². The van der Waals surface area contributed by atoms with Crippen LogP contribution in [-0.4, -0.2) is 26.6 Å². The molecule has 2 aromatic heterocycles. The molecule has 0 saturated heterocycles. The lowest BCUT2D eigenvalue weighted by Crippen LogP contribution is -2.43. The highest BCUT2D eigenvalue weighted by molar-refractivity contribution is 7.71. The van der Waals surface area contributed by atoms with Crippen LogP contribution in [0.5, 0.6) is 0 Å². The fraction of sp³-hybridized carbons (Fsp3) is 0.118. The lowest BCUT2D eigenvalue weighted by atomic mass is 10.1. The van der Waals surface area contributed by atoms with Gasteiger partial charge in [-0.05, 0) is 25.1 Å². The number of carbonyl (C=O) groups is 2. The molecule has 0 fully saturated rings. The molecule has 132 valence electrons. The van der Waals surface area contributed by atoms with Gasteiger partial charge in [-0.15, -0.1) is 0 Å². The van der Waals surface area contributed by atoms with Crippen molar-refractivity contribution in [3.8, 4) is 0 Å². The Bertz CT molecular complexity index is 1120. The maximum atomic E-state index is 12.5. The van der Waals surface area contributed by atoms with Gasteiger partial charge in [0.25, 0.3) is 17.4 Å². The van der Waals surface area contributed by atoms with Crippen molar-refractivity contribution in [2.75, 3.05) is 0 Å². The largest absolute Gasteiger partial charge is 0.352 e. The van der Waals surface area contributed by atoms with Crippen molar-refractivity contribution in [1.82, 2.24) is 25.6 Å². The highest BCUT2D eigenvalue weighted by Gasteiger charge is 2.17. The van der Waals surface area contributed by atoms with Gasteiger partial charge in [0.2, 0.25) is 0 Å². The average molecular weight is 369 g/mol. The van der Waals surface area contributed by atoms with Crippen molar-refractivity contribution in [3.63, 3.8) is 0 Å². The van der Waals surface area contributed by atoms with Gasteiger partial charge in [0.15, 0.2) is 5.69 Å². The van der Waals surface area contributed by atoms with Crippen molar-refractivity contribution in [1.29, 1.82) is 0 Å². The van der Waals surface area contributed by atoms with Crippen molar-refractivity contribution in [3.05, 3.63) is 68.8 Å². The zero-order valence-corrected chi connectivity index (χ0v) is 14.6. The molecule has 0 bridgehead atoms. The number of aromatic amines is 1. The molecule has 26 heavy (non-hydrogen) atoms. The highest BCUT2D eigenvalue weighted by Crippen LogP contribution is 2.13. The maximum absolute atomic E-state index is 12.5. The number of nitrogens with zero attached hydrogens (tertiary/aromatic N) is 2. The molecular weight excluding hydrogens is 354 g/mol. The molecule has 3 aromatic rings. The Hall–Kier alpha value is -3.33. The lowest BCUT2D eigenvalue weighted by molar-refractivity contribution is 0.0843. The van der Waals surface area contributed by atoms with Crippen LogP contribution >= 0.6 is 12.2 Å². The first-order valence-electron chi connectivity index (χ1n) is 7.81. The molecule has 3 rings (SSSR count). The Labute approximate surface area is 152 Å². The summed E-state index contributed by atoms with van der Waals surface area (Å²) < 4.78 is 1.45. The molecule has 0 aliphatic rings. The highest BCUT2D eigenvalue weighted by atomic mass is 32.1. The van der Waals surface area contributed by atoms with Gasteiger partial charge >= 0.3 is 0 Å². The fourth-order valence-electron chi connectivity index (χ4n) is 2.46. The molecule has 0 saturated carbocycles. The number of hydrogen-bond donors (Lipinski definition) is 3. The molecule has 0 atom stereocenters. The van der Waals surface area contributed by atoms with Crippen LogP contribution in [0.1, 0.15) is 27.8 Å². The number of fused-ring (bicyclic) bond motifs is 1. The number of nitrogens with one attached hydrogen (secondary N) is 3. The van der Waals surface area contributed by atoms with Crippen LogP contribution < -0.4 is 16.4 Å². The minimum absolute atomic E-state index is 0.0422. The van der Waals surface area contributed by atoms with Gasteiger partial charge in [-0.3, -0.25) is 25.2 Å². The van der Waals surface area contributed by atoms with Crippen molar-refractivity contribution < 1.29 is 9.59 Å². The minimum atomic E-state index is -0.637. The molecular formula is C17H15N5O3S. The van der Waals surface area contributed by atoms with E-state index >= 15 is 0 Å². The molecule has 0 aliphatic heterocycles. The zero-order valence-electron chi connectivity index (χ0n) is 13.8. The summed E-state index contributed by atoms with van der Waals surface area (Å²) in [5, 5.41) is 4.89. The van der Waals surface area contributed by atoms with Crippen LogP contribution in [0.25, 0.3) is 10.8 Å². The molecule has 2 amide bonds.